The van der Waals surface area contributed by atoms with Crippen molar-refractivity contribution in [2.24, 2.45) is 5.41 Å². The number of carbonyl (C=O) groups excluding carboxylic acids is 1. The molecule has 26 heavy (non-hydrogen) atoms. The van der Waals surface area contributed by atoms with Crippen LogP contribution in [0.1, 0.15) is 53.3 Å². The number of carbonyl (C=O) groups is 1. The molecule has 2 heterocycles. The van der Waals surface area contributed by atoms with E-state index in [4.69, 9.17) is 9.47 Å². The maximum atomic E-state index is 11.8. The summed E-state index contributed by atoms with van der Waals surface area (Å²) in [5, 5.41) is 4.05. The highest BCUT2D eigenvalue weighted by molar-refractivity contribution is 5.84. The topological polar surface area (TPSA) is 55.8 Å². The van der Waals surface area contributed by atoms with Crippen molar-refractivity contribution in [3.63, 3.8) is 0 Å². The van der Waals surface area contributed by atoms with Gasteiger partial charge in [-0.05, 0) is 44.2 Å². The number of epoxide rings is 1. The normalized spacial score (nSPS) is 20.2. The Labute approximate surface area is 155 Å². The average molecular weight is 358 g/mol. The van der Waals surface area contributed by atoms with Crippen molar-refractivity contribution in [1.29, 1.82) is 0 Å². The molecule has 2 atom stereocenters. The number of ether oxygens (including phenoxy) is 2. The van der Waals surface area contributed by atoms with Crippen LogP contribution in [-0.2, 0) is 15.9 Å². The molecule has 1 saturated heterocycles. The fourth-order valence-electron chi connectivity index (χ4n) is 3.25. The van der Waals surface area contributed by atoms with Gasteiger partial charge in [0.25, 0.3) is 0 Å². The van der Waals surface area contributed by atoms with Crippen molar-refractivity contribution >= 4 is 17.0 Å². The van der Waals surface area contributed by atoms with Crippen LogP contribution in [0.25, 0.3) is 10.9 Å². The number of hydrogen-bond acceptors (Lipinski definition) is 3. The van der Waals surface area contributed by atoms with E-state index in [0.29, 0.717) is 6.54 Å². The van der Waals surface area contributed by atoms with Gasteiger partial charge in [0.1, 0.15) is 11.7 Å². The number of rotatable bonds is 4. The van der Waals surface area contributed by atoms with Crippen LogP contribution in [0.5, 0.6) is 0 Å². The number of benzene rings is 1. The smallest absolute Gasteiger partial charge is 0.407 e. The zero-order valence-electron chi connectivity index (χ0n) is 16.6. The highest BCUT2D eigenvalue weighted by Gasteiger charge is 2.48. The molecule has 1 N–H and O–H groups in total. The van der Waals surface area contributed by atoms with Gasteiger partial charge in [0.15, 0.2) is 6.23 Å². The fraction of sp³-hybridized carbons (Fsp3) is 0.571. The first-order valence-corrected chi connectivity index (χ1v) is 9.27. The van der Waals surface area contributed by atoms with Crippen LogP contribution in [0, 0.1) is 5.41 Å². The molecule has 0 saturated carbocycles. The molecule has 0 spiro atoms. The second-order valence-corrected chi connectivity index (χ2v) is 9.07. The molecule has 5 nitrogen and oxygen atoms in total. The molecule has 3 rings (SSSR count). The standard InChI is InChI=1S/C21H30N2O3/c1-20(2,3)17-18(25-17)23-13-14(15-9-7-8-10-16(15)23)11-12-22-19(24)26-21(4,5)6/h7-10,13,17-18H,11-12H2,1-6H3,(H,22,24). The second kappa shape index (κ2) is 6.62. The van der Waals surface area contributed by atoms with E-state index in [9.17, 15) is 4.79 Å². The summed E-state index contributed by atoms with van der Waals surface area (Å²) in [6.45, 7) is 12.7. The quantitative estimate of drug-likeness (QED) is 0.809. The van der Waals surface area contributed by atoms with Gasteiger partial charge in [-0.15, -0.1) is 0 Å². The second-order valence-electron chi connectivity index (χ2n) is 9.07. The summed E-state index contributed by atoms with van der Waals surface area (Å²) in [7, 11) is 0. The Morgan fingerprint density at radius 3 is 2.50 bits per heavy atom. The number of aromatic nitrogens is 1. The Morgan fingerprint density at radius 2 is 1.88 bits per heavy atom. The fourth-order valence-corrected chi connectivity index (χ4v) is 3.25. The molecular weight excluding hydrogens is 328 g/mol. The Balaban J connectivity index is 1.71. The molecule has 1 aliphatic rings. The molecule has 1 aliphatic heterocycles. The van der Waals surface area contributed by atoms with Crippen LogP contribution in [0.4, 0.5) is 4.79 Å². The summed E-state index contributed by atoms with van der Waals surface area (Å²) < 4.78 is 13.5. The SMILES string of the molecule is CC(C)(C)OC(=O)NCCc1cn(C2OC2C(C)(C)C)c2ccccc12. The third kappa shape index (κ3) is 4.21. The first kappa shape index (κ1) is 18.8. The van der Waals surface area contributed by atoms with E-state index >= 15 is 0 Å². The lowest BCUT2D eigenvalue weighted by Crippen LogP contribution is -2.33. The molecule has 1 aromatic carbocycles. The summed E-state index contributed by atoms with van der Waals surface area (Å²) >= 11 is 0. The van der Waals surface area contributed by atoms with Crippen molar-refractivity contribution in [2.75, 3.05) is 6.54 Å². The summed E-state index contributed by atoms with van der Waals surface area (Å²) in [4.78, 5) is 11.8. The average Bonchev–Trinajstić information content (AvgIpc) is 3.23. The Morgan fingerprint density at radius 1 is 1.19 bits per heavy atom. The molecule has 0 bridgehead atoms. The predicted octanol–water partition coefficient (Wildman–Crippen LogP) is 4.65. The van der Waals surface area contributed by atoms with Gasteiger partial charge in [0.05, 0.1) is 5.52 Å². The highest BCUT2D eigenvalue weighted by atomic mass is 16.6. The van der Waals surface area contributed by atoms with E-state index in [2.05, 4.69) is 55.1 Å². The third-order valence-electron chi connectivity index (χ3n) is 4.48. The number of hydrogen-bond donors (Lipinski definition) is 1. The van der Waals surface area contributed by atoms with Crippen LogP contribution in [0.15, 0.2) is 30.5 Å². The van der Waals surface area contributed by atoms with Gasteiger partial charge in [-0.25, -0.2) is 4.79 Å². The maximum Gasteiger partial charge on any atom is 0.407 e. The predicted molar refractivity (Wildman–Crippen MR) is 103 cm³/mol. The van der Waals surface area contributed by atoms with Crippen molar-refractivity contribution in [3.8, 4) is 0 Å². The number of fused-ring (bicyclic) bond motifs is 1. The molecule has 1 fully saturated rings. The monoisotopic (exact) mass is 358 g/mol. The number of amides is 1. The van der Waals surface area contributed by atoms with Crippen molar-refractivity contribution in [3.05, 3.63) is 36.0 Å². The first-order chi connectivity index (χ1) is 12.1. The first-order valence-electron chi connectivity index (χ1n) is 9.27. The lowest BCUT2D eigenvalue weighted by atomic mass is 9.92. The molecule has 1 aromatic heterocycles. The highest BCUT2D eigenvalue weighted by Crippen LogP contribution is 2.47. The third-order valence-corrected chi connectivity index (χ3v) is 4.48. The van der Waals surface area contributed by atoms with Gasteiger partial charge in [0.2, 0.25) is 0 Å². The minimum Gasteiger partial charge on any atom is -0.444 e. The molecule has 0 aliphatic carbocycles. The molecule has 2 unspecified atom stereocenters. The van der Waals surface area contributed by atoms with Gasteiger partial charge < -0.3 is 19.4 Å². The Bertz CT molecular complexity index is 796. The lowest BCUT2D eigenvalue weighted by Gasteiger charge is -2.19. The van der Waals surface area contributed by atoms with Gasteiger partial charge in [0, 0.05) is 18.1 Å². The summed E-state index contributed by atoms with van der Waals surface area (Å²) in [5.41, 5.74) is 2.02. The minimum atomic E-state index is -0.481. The molecular formula is C21H30N2O3. The van der Waals surface area contributed by atoms with E-state index < -0.39 is 5.60 Å². The Hall–Kier alpha value is -2.01. The van der Waals surface area contributed by atoms with Crippen LogP contribution in [0.3, 0.4) is 0 Å². The molecule has 0 radical (unpaired) electrons. The van der Waals surface area contributed by atoms with Crippen LogP contribution >= 0.6 is 0 Å². The van der Waals surface area contributed by atoms with E-state index in [1.165, 1.54) is 16.5 Å². The van der Waals surface area contributed by atoms with E-state index in [1.54, 1.807) is 0 Å². The van der Waals surface area contributed by atoms with E-state index in [-0.39, 0.29) is 23.8 Å². The van der Waals surface area contributed by atoms with Gasteiger partial charge in [-0.1, -0.05) is 39.0 Å². The van der Waals surface area contributed by atoms with E-state index in [0.717, 1.165) is 6.42 Å². The largest absolute Gasteiger partial charge is 0.444 e. The number of nitrogens with zero attached hydrogens (tertiary/aromatic N) is 1. The Kier molecular flexibility index (Phi) is 4.78. The van der Waals surface area contributed by atoms with Crippen LogP contribution in [0.2, 0.25) is 0 Å². The lowest BCUT2D eigenvalue weighted by molar-refractivity contribution is 0.0528. The number of nitrogens with one attached hydrogen (secondary N) is 1. The zero-order valence-corrected chi connectivity index (χ0v) is 16.6. The summed E-state index contributed by atoms with van der Waals surface area (Å²) in [6.07, 6.45) is 2.86. The van der Waals surface area contributed by atoms with Crippen LogP contribution < -0.4 is 5.32 Å². The van der Waals surface area contributed by atoms with Gasteiger partial charge >= 0.3 is 6.09 Å². The molecule has 1 amide bonds. The zero-order chi connectivity index (χ0) is 19.1. The summed E-state index contributed by atoms with van der Waals surface area (Å²) in [6, 6.07) is 8.35. The number of para-hydroxylation sites is 1. The molecule has 5 heteroatoms. The molecule has 142 valence electrons. The summed E-state index contributed by atoms with van der Waals surface area (Å²) in [5.74, 6) is 0. The molecule has 2 aromatic rings. The van der Waals surface area contributed by atoms with E-state index in [1.807, 2.05) is 26.8 Å². The van der Waals surface area contributed by atoms with Crippen molar-refractivity contribution in [1.82, 2.24) is 9.88 Å². The van der Waals surface area contributed by atoms with Crippen LogP contribution in [-0.4, -0.2) is 28.9 Å². The van der Waals surface area contributed by atoms with Gasteiger partial charge in [-0.3, -0.25) is 0 Å². The maximum absolute atomic E-state index is 11.8. The van der Waals surface area contributed by atoms with Gasteiger partial charge in [-0.2, -0.15) is 0 Å². The minimum absolute atomic E-state index is 0.0902. The number of alkyl carbamates (subject to hydrolysis) is 1. The van der Waals surface area contributed by atoms with Crippen molar-refractivity contribution in [2.45, 2.75) is 65.9 Å². The van der Waals surface area contributed by atoms with Crippen molar-refractivity contribution < 1.29 is 14.3 Å².